The number of rotatable bonds is 6. The highest BCUT2D eigenvalue weighted by Crippen LogP contribution is 2.39. The number of carbonyl (C=O) groups excluding carboxylic acids is 1. The molecule has 2 aromatic rings. The first-order valence-electron chi connectivity index (χ1n) is 11.0. The van der Waals surface area contributed by atoms with Gasteiger partial charge in [0.05, 0.1) is 17.5 Å². The molecule has 0 saturated carbocycles. The smallest absolute Gasteiger partial charge is 0.365 e. The maximum absolute atomic E-state index is 13.3. The summed E-state index contributed by atoms with van der Waals surface area (Å²) in [5, 5.41) is 2.86. The van der Waals surface area contributed by atoms with Gasteiger partial charge in [-0.25, -0.2) is 0 Å². The lowest BCUT2D eigenvalue weighted by Gasteiger charge is -2.49. The maximum Gasteiger partial charge on any atom is 0.416 e. The number of hydrogen-bond donors (Lipinski definition) is 1. The molecule has 1 fully saturated rings. The Balaban J connectivity index is 1.56. The zero-order valence-corrected chi connectivity index (χ0v) is 17.9. The van der Waals surface area contributed by atoms with Crippen LogP contribution in [0.4, 0.5) is 18.9 Å². The molecule has 2 atom stereocenters. The molecule has 0 radical (unpaired) electrons. The summed E-state index contributed by atoms with van der Waals surface area (Å²) in [6, 6.07) is 14.1. The van der Waals surface area contributed by atoms with E-state index < -0.39 is 17.7 Å². The van der Waals surface area contributed by atoms with Crippen molar-refractivity contribution in [3.8, 4) is 0 Å². The third-order valence-corrected chi connectivity index (χ3v) is 6.44. The Bertz CT molecular complexity index is 961. The van der Waals surface area contributed by atoms with Crippen LogP contribution in [0, 0.1) is 5.92 Å². The number of halogens is 3. The average Bonchev–Trinajstić information content (AvgIpc) is 2.80. The summed E-state index contributed by atoms with van der Waals surface area (Å²) >= 11 is 0. The van der Waals surface area contributed by atoms with Gasteiger partial charge in [-0.05, 0) is 42.2 Å². The highest BCUT2D eigenvalue weighted by Gasteiger charge is 2.42. The van der Waals surface area contributed by atoms with Gasteiger partial charge in [0.1, 0.15) is 0 Å². The largest absolute Gasteiger partial charge is 0.416 e. The average molecular weight is 444 g/mol. The van der Waals surface area contributed by atoms with Gasteiger partial charge in [0, 0.05) is 38.4 Å². The molecule has 2 aromatic carbocycles. The molecule has 0 bridgehead atoms. The summed E-state index contributed by atoms with van der Waals surface area (Å²) < 4.78 is 39.8. The number of nitrogens with zero attached hydrogens (tertiary/aromatic N) is 2. The minimum Gasteiger partial charge on any atom is -0.365 e. The second-order valence-corrected chi connectivity index (χ2v) is 8.48. The third kappa shape index (κ3) is 4.83. The van der Waals surface area contributed by atoms with Crippen molar-refractivity contribution in [2.24, 2.45) is 5.92 Å². The summed E-state index contributed by atoms with van der Waals surface area (Å²) in [6.07, 6.45) is -1.56. The molecule has 1 N–H and O–H groups in total. The van der Waals surface area contributed by atoms with Crippen LogP contribution in [0.1, 0.15) is 16.7 Å². The first-order valence-corrected chi connectivity index (χ1v) is 11.0. The van der Waals surface area contributed by atoms with E-state index in [-0.39, 0.29) is 11.9 Å². The number of alkyl halides is 3. The van der Waals surface area contributed by atoms with E-state index in [2.05, 4.69) is 33.8 Å². The first-order chi connectivity index (χ1) is 15.4. The Hall–Kier alpha value is -2.80. The van der Waals surface area contributed by atoms with Crippen LogP contribution in [-0.2, 0) is 23.8 Å². The van der Waals surface area contributed by atoms with E-state index >= 15 is 0 Å². The van der Waals surface area contributed by atoms with Crippen molar-refractivity contribution < 1.29 is 18.0 Å². The summed E-state index contributed by atoms with van der Waals surface area (Å²) in [6.45, 7) is 7.07. The molecule has 4 rings (SSSR count). The SMILES string of the molecule is C=CCNC(=O)[C@@H]1Cc2cc(C(F)(F)F)ccc2N2CCN(CCc3ccccc3)C[C@H]12. The summed E-state index contributed by atoms with van der Waals surface area (Å²) in [5.41, 5.74) is 2.01. The first kappa shape index (κ1) is 22.4. The Morgan fingerprint density at radius 1 is 1.16 bits per heavy atom. The van der Waals surface area contributed by atoms with Gasteiger partial charge < -0.3 is 10.2 Å². The second-order valence-electron chi connectivity index (χ2n) is 8.48. The Labute approximate surface area is 186 Å². The maximum atomic E-state index is 13.3. The van der Waals surface area contributed by atoms with Crippen molar-refractivity contribution >= 4 is 11.6 Å². The molecule has 2 aliphatic heterocycles. The topological polar surface area (TPSA) is 35.6 Å². The van der Waals surface area contributed by atoms with Crippen LogP contribution >= 0.6 is 0 Å². The number of amides is 1. The lowest BCUT2D eigenvalue weighted by atomic mass is 9.82. The highest BCUT2D eigenvalue weighted by molar-refractivity contribution is 5.82. The van der Waals surface area contributed by atoms with Crippen molar-refractivity contribution in [1.29, 1.82) is 0 Å². The van der Waals surface area contributed by atoms with Crippen LogP contribution in [-0.4, -0.2) is 49.6 Å². The van der Waals surface area contributed by atoms with Gasteiger partial charge in [-0.2, -0.15) is 13.2 Å². The summed E-state index contributed by atoms with van der Waals surface area (Å²) in [7, 11) is 0. The van der Waals surface area contributed by atoms with Crippen LogP contribution in [0.2, 0.25) is 0 Å². The van der Waals surface area contributed by atoms with Crippen LogP contribution in [0.15, 0.2) is 61.2 Å². The fraction of sp³-hybridized carbons (Fsp3) is 0.400. The van der Waals surface area contributed by atoms with Crippen molar-refractivity contribution in [1.82, 2.24) is 10.2 Å². The molecular formula is C25H28F3N3O. The van der Waals surface area contributed by atoms with Crippen LogP contribution < -0.4 is 10.2 Å². The molecule has 0 spiro atoms. The molecule has 1 amide bonds. The number of carbonyl (C=O) groups is 1. The van der Waals surface area contributed by atoms with E-state index in [1.165, 1.54) is 11.6 Å². The van der Waals surface area contributed by atoms with Crippen LogP contribution in [0.3, 0.4) is 0 Å². The normalized spacial score (nSPS) is 20.9. The van der Waals surface area contributed by atoms with Gasteiger partial charge in [0.25, 0.3) is 0 Å². The number of nitrogens with one attached hydrogen (secondary N) is 1. The predicted octanol–water partition coefficient (Wildman–Crippen LogP) is 3.91. The zero-order valence-electron chi connectivity index (χ0n) is 17.9. The molecule has 0 aromatic heterocycles. The molecule has 32 heavy (non-hydrogen) atoms. The van der Waals surface area contributed by atoms with Crippen molar-refractivity contribution in [3.63, 3.8) is 0 Å². The van der Waals surface area contributed by atoms with E-state index in [4.69, 9.17) is 0 Å². The number of fused-ring (bicyclic) bond motifs is 3. The highest BCUT2D eigenvalue weighted by atomic mass is 19.4. The fourth-order valence-corrected chi connectivity index (χ4v) is 4.80. The third-order valence-electron chi connectivity index (χ3n) is 6.44. The molecule has 2 aliphatic rings. The van der Waals surface area contributed by atoms with E-state index in [9.17, 15) is 18.0 Å². The Kier molecular flexibility index (Phi) is 6.55. The van der Waals surface area contributed by atoms with Gasteiger partial charge >= 0.3 is 6.18 Å². The summed E-state index contributed by atoms with van der Waals surface area (Å²) in [5.74, 6) is -0.543. The van der Waals surface area contributed by atoms with Crippen LogP contribution in [0.25, 0.3) is 0 Å². The molecule has 4 nitrogen and oxygen atoms in total. The van der Waals surface area contributed by atoms with Crippen molar-refractivity contribution in [3.05, 3.63) is 77.9 Å². The zero-order chi connectivity index (χ0) is 22.7. The standard InChI is InChI=1S/C25H28F3N3O/c1-2-11-29-24(32)21-16-19-15-20(25(26,27)28)8-9-22(19)31-14-13-30(17-23(21)31)12-10-18-6-4-3-5-7-18/h2-9,15,21,23H,1,10-14,16-17H2,(H,29,32)/t21-,23-/m1/s1. The van der Waals surface area contributed by atoms with Gasteiger partial charge in [0.15, 0.2) is 0 Å². The van der Waals surface area contributed by atoms with Gasteiger partial charge in [-0.3, -0.25) is 9.69 Å². The van der Waals surface area contributed by atoms with E-state index in [0.29, 0.717) is 31.6 Å². The fourth-order valence-electron chi connectivity index (χ4n) is 4.80. The molecule has 0 aliphatic carbocycles. The van der Waals surface area contributed by atoms with Crippen molar-refractivity contribution in [2.75, 3.05) is 37.6 Å². The quantitative estimate of drug-likeness (QED) is 0.688. The predicted molar refractivity (Wildman–Crippen MR) is 120 cm³/mol. The van der Waals surface area contributed by atoms with E-state index in [0.717, 1.165) is 31.3 Å². The summed E-state index contributed by atoms with van der Waals surface area (Å²) in [4.78, 5) is 17.5. The van der Waals surface area contributed by atoms with Gasteiger partial charge in [-0.1, -0.05) is 36.4 Å². The number of hydrogen-bond acceptors (Lipinski definition) is 3. The number of benzene rings is 2. The monoisotopic (exact) mass is 443 g/mol. The minimum absolute atomic E-state index is 0.0754. The second kappa shape index (κ2) is 9.36. The van der Waals surface area contributed by atoms with Crippen molar-refractivity contribution in [2.45, 2.75) is 25.1 Å². The lowest BCUT2D eigenvalue weighted by Crippen LogP contribution is -2.61. The van der Waals surface area contributed by atoms with E-state index in [1.807, 2.05) is 18.2 Å². The van der Waals surface area contributed by atoms with Gasteiger partial charge in [-0.15, -0.1) is 6.58 Å². The molecule has 0 unspecified atom stereocenters. The van der Waals surface area contributed by atoms with Crippen LogP contribution in [0.5, 0.6) is 0 Å². The molecule has 2 heterocycles. The molecule has 1 saturated heterocycles. The molecular weight excluding hydrogens is 415 g/mol. The minimum atomic E-state index is -4.40. The molecule has 7 heteroatoms. The Morgan fingerprint density at radius 2 is 1.94 bits per heavy atom. The molecule has 170 valence electrons. The number of piperazine rings is 1. The van der Waals surface area contributed by atoms with E-state index in [1.54, 1.807) is 12.1 Å². The number of anilines is 1. The lowest BCUT2D eigenvalue weighted by molar-refractivity contribution is -0.137. The Morgan fingerprint density at radius 3 is 2.66 bits per heavy atom. The van der Waals surface area contributed by atoms with Gasteiger partial charge in [0.2, 0.25) is 5.91 Å².